The van der Waals surface area contributed by atoms with Crippen LogP contribution in [0.4, 0.5) is 0 Å². The summed E-state index contributed by atoms with van der Waals surface area (Å²) in [5.41, 5.74) is 0.760. The molecule has 19 heavy (non-hydrogen) atoms. The van der Waals surface area contributed by atoms with Crippen LogP contribution in [0.2, 0.25) is 0 Å². The number of hydrogen-bond donors (Lipinski definition) is 1. The van der Waals surface area contributed by atoms with Crippen molar-refractivity contribution in [3.05, 3.63) is 29.8 Å². The molecule has 104 valence electrons. The second kappa shape index (κ2) is 6.06. The molecule has 1 aliphatic rings. The van der Waals surface area contributed by atoms with Gasteiger partial charge in [0.25, 0.3) is 0 Å². The summed E-state index contributed by atoms with van der Waals surface area (Å²) >= 11 is 0. The first-order chi connectivity index (χ1) is 9.09. The molecule has 0 aromatic heterocycles. The molecule has 1 aromatic rings. The number of carboxylic acids is 1. The number of rotatable bonds is 4. The molecule has 1 heterocycles. The van der Waals surface area contributed by atoms with E-state index in [1.165, 1.54) is 0 Å². The molecule has 2 rings (SSSR count). The summed E-state index contributed by atoms with van der Waals surface area (Å²) in [6, 6.07) is 6.84. The van der Waals surface area contributed by atoms with Crippen LogP contribution < -0.4 is 4.74 Å². The standard InChI is InChI=1S/C15H21NO3/c1-11(2)7-8-16-9-10-19-13-6-4-3-5-12(13)14(16)15(17)18/h3-6,11,14H,7-10H2,1-2H3,(H,17,18). The Balaban J connectivity index is 2.27. The maximum Gasteiger partial charge on any atom is 0.325 e. The Morgan fingerprint density at radius 3 is 2.89 bits per heavy atom. The van der Waals surface area contributed by atoms with E-state index in [4.69, 9.17) is 4.74 Å². The SMILES string of the molecule is CC(C)CCN1CCOc2ccccc2C1C(=O)O. The predicted molar refractivity (Wildman–Crippen MR) is 73.3 cm³/mol. The van der Waals surface area contributed by atoms with Crippen molar-refractivity contribution in [2.75, 3.05) is 19.7 Å². The minimum atomic E-state index is -0.804. The molecular weight excluding hydrogens is 242 g/mol. The summed E-state index contributed by atoms with van der Waals surface area (Å²) in [5, 5.41) is 9.55. The summed E-state index contributed by atoms with van der Waals surface area (Å²) < 4.78 is 5.66. The van der Waals surface area contributed by atoms with Crippen LogP contribution in [0.25, 0.3) is 0 Å². The van der Waals surface area contributed by atoms with Crippen molar-refractivity contribution < 1.29 is 14.6 Å². The number of ether oxygens (including phenoxy) is 1. The zero-order chi connectivity index (χ0) is 13.8. The Labute approximate surface area is 114 Å². The second-order valence-corrected chi connectivity index (χ2v) is 5.35. The Kier molecular flexibility index (Phi) is 4.43. The van der Waals surface area contributed by atoms with Crippen LogP contribution >= 0.6 is 0 Å². The number of nitrogens with zero attached hydrogens (tertiary/aromatic N) is 1. The highest BCUT2D eigenvalue weighted by atomic mass is 16.5. The number of benzene rings is 1. The summed E-state index contributed by atoms with van der Waals surface area (Å²) in [7, 11) is 0. The molecule has 0 spiro atoms. The smallest absolute Gasteiger partial charge is 0.325 e. The van der Waals surface area contributed by atoms with Gasteiger partial charge in [-0.05, 0) is 24.9 Å². The highest BCUT2D eigenvalue weighted by Crippen LogP contribution is 2.32. The van der Waals surface area contributed by atoms with Gasteiger partial charge in [0.2, 0.25) is 0 Å². The minimum absolute atomic E-state index is 0.541. The second-order valence-electron chi connectivity index (χ2n) is 5.35. The number of fused-ring (bicyclic) bond motifs is 1. The van der Waals surface area contributed by atoms with E-state index in [0.29, 0.717) is 24.8 Å². The van der Waals surface area contributed by atoms with Crippen molar-refractivity contribution >= 4 is 5.97 Å². The quantitative estimate of drug-likeness (QED) is 0.907. The van der Waals surface area contributed by atoms with Gasteiger partial charge in [0.15, 0.2) is 0 Å². The van der Waals surface area contributed by atoms with Crippen molar-refractivity contribution in [2.24, 2.45) is 5.92 Å². The molecule has 1 aliphatic heterocycles. The first kappa shape index (κ1) is 13.9. The number of para-hydroxylation sites is 1. The molecule has 4 nitrogen and oxygen atoms in total. The number of carboxylic acid groups (broad SMARTS) is 1. The molecule has 1 N–H and O–H groups in total. The van der Waals surface area contributed by atoms with Crippen LogP contribution in [-0.4, -0.2) is 35.7 Å². The molecule has 0 aliphatic carbocycles. The third-order valence-corrected chi connectivity index (χ3v) is 3.44. The average molecular weight is 263 g/mol. The summed E-state index contributed by atoms with van der Waals surface area (Å²) in [5.74, 6) is 0.456. The summed E-state index contributed by atoms with van der Waals surface area (Å²) in [6.07, 6.45) is 0.992. The van der Waals surface area contributed by atoms with Gasteiger partial charge in [-0.2, -0.15) is 0 Å². The van der Waals surface area contributed by atoms with Gasteiger partial charge in [-0.3, -0.25) is 9.69 Å². The monoisotopic (exact) mass is 263 g/mol. The first-order valence-corrected chi connectivity index (χ1v) is 6.78. The van der Waals surface area contributed by atoms with Gasteiger partial charge < -0.3 is 9.84 Å². The maximum absolute atomic E-state index is 11.6. The van der Waals surface area contributed by atoms with E-state index in [2.05, 4.69) is 13.8 Å². The molecule has 1 atom stereocenters. The normalized spacial score (nSPS) is 19.6. The van der Waals surface area contributed by atoms with Gasteiger partial charge in [0, 0.05) is 12.1 Å². The van der Waals surface area contributed by atoms with E-state index in [9.17, 15) is 9.90 Å². The fraction of sp³-hybridized carbons (Fsp3) is 0.533. The van der Waals surface area contributed by atoms with E-state index in [-0.39, 0.29) is 0 Å². The lowest BCUT2D eigenvalue weighted by atomic mass is 10.0. The van der Waals surface area contributed by atoms with E-state index in [1.807, 2.05) is 29.2 Å². The molecule has 1 aromatic carbocycles. The van der Waals surface area contributed by atoms with Crippen molar-refractivity contribution in [3.63, 3.8) is 0 Å². The van der Waals surface area contributed by atoms with Crippen LogP contribution in [0, 0.1) is 5.92 Å². The molecule has 0 amide bonds. The van der Waals surface area contributed by atoms with Crippen LogP contribution in [-0.2, 0) is 4.79 Å². The van der Waals surface area contributed by atoms with Gasteiger partial charge >= 0.3 is 5.97 Å². The Hall–Kier alpha value is -1.55. The molecule has 0 bridgehead atoms. The van der Waals surface area contributed by atoms with Gasteiger partial charge in [-0.25, -0.2) is 0 Å². The summed E-state index contributed by atoms with van der Waals surface area (Å²) in [6.45, 7) is 6.28. The van der Waals surface area contributed by atoms with E-state index in [0.717, 1.165) is 18.5 Å². The lowest BCUT2D eigenvalue weighted by Crippen LogP contribution is -2.36. The topological polar surface area (TPSA) is 49.8 Å². The third kappa shape index (κ3) is 3.26. The molecule has 0 saturated heterocycles. The van der Waals surface area contributed by atoms with Crippen LogP contribution in [0.15, 0.2) is 24.3 Å². The average Bonchev–Trinajstić information content (AvgIpc) is 2.54. The Morgan fingerprint density at radius 1 is 1.47 bits per heavy atom. The van der Waals surface area contributed by atoms with Gasteiger partial charge in [-0.15, -0.1) is 0 Å². The lowest BCUT2D eigenvalue weighted by Gasteiger charge is -2.27. The van der Waals surface area contributed by atoms with Gasteiger partial charge in [-0.1, -0.05) is 32.0 Å². The Morgan fingerprint density at radius 2 is 2.21 bits per heavy atom. The van der Waals surface area contributed by atoms with Crippen LogP contribution in [0.3, 0.4) is 0 Å². The maximum atomic E-state index is 11.6. The number of aliphatic carboxylic acids is 1. The van der Waals surface area contributed by atoms with E-state index < -0.39 is 12.0 Å². The predicted octanol–water partition coefficient (Wildman–Crippen LogP) is 2.55. The highest BCUT2D eigenvalue weighted by molar-refractivity contribution is 5.76. The Bertz CT molecular complexity index is 445. The zero-order valence-corrected chi connectivity index (χ0v) is 11.5. The summed E-state index contributed by atoms with van der Waals surface area (Å²) in [4.78, 5) is 13.6. The van der Waals surface area contributed by atoms with E-state index in [1.54, 1.807) is 0 Å². The van der Waals surface area contributed by atoms with Gasteiger partial charge in [0.1, 0.15) is 18.4 Å². The minimum Gasteiger partial charge on any atom is -0.492 e. The molecule has 4 heteroatoms. The molecule has 0 fully saturated rings. The molecule has 1 unspecified atom stereocenters. The molecule has 0 saturated carbocycles. The largest absolute Gasteiger partial charge is 0.492 e. The molecular formula is C15H21NO3. The van der Waals surface area contributed by atoms with Crippen LogP contribution in [0.5, 0.6) is 5.75 Å². The number of hydrogen-bond acceptors (Lipinski definition) is 3. The van der Waals surface area contributed by atoms with E-state index >= 15 is 0 Å². The lowest BCUT2D eigenvalue weighted by molar-refractivity contribution is -0.143. The van der Waals surface area contributed by atoms with Crippen molar-refractivity contribution in [3.8, 4) is 5.75 Å². The van der Waals surface area contributed by atoms with Crippen molar-refractivity contribution in [1.82, 2.24) is 4.90 Å². The van der Waals surface area contributed by atoms with Gasteiger partial charge in [0.05, 0.1) is 0 Å². The highest BCUT2D eigenvalue weighted by Gasteiger charge is 2.31. The molecule has 0 radical (unpaired) electrons. The first-order valence-electron chi connectivity index (χ1n) is 6.78. The fourth-order valence-corrected chi connectivity index (χ4v) is 2.39. The zero-order valence-electron chi connectivity index (χ0n) is 11.5. The van der Waals surface area contributed by atoms with Crippen LogP contribution in [0.1, 0.15) is 31.9 Å². The van der Waals surface area contributed by atoms with Crippen molar-refractivity contribution in [1.29, 1.82) is 0 Å². The number of carbonyl (C=O) groups is 1. The van der Waals surface area contributed by atoms with Crippen molar-refractivity contribution in [2.45, 2.75) is 26.3 Å². The third-order valence-electron chi connectivity index (χ3n) is 3.44. The fourth-order valence-electron chi connectivity index (χ4n) is 2.39.